The molecule has 1 heterocycles. The maximum absolute atomic E-state index is 12.9. The van der Waals surface area contributed by atoms with Crippen LogP contribution in [0.25, 0.3) is 16.9 Å². The van der Waals surface area contributed by atoms with Crippen molar-refractivity contribution in [3.8, 4) is 16.9 Å². The Hall–Kier alpha value is -4.26. The number of carbonyl (C=O) groups is 1. The Morgan fingerprint density at radius 1 is 1.00 bits per heavy atom. The lowest BCUT2D eigenvalue weighted by Gasteiger charge is -2.10. The topological polar surface area (TPSA) is 90.1 Å². The number of para-hydroxylation sites is 1. The molecule has 3 aromatic carbocycles. The van der Waals surface area contributed by atoms with E-state index in [1.165, 1.54) is 12.1 Å². The number of amides is 1. The van der Waals surface area contributed by atoms with Gasteiger partial charge in [0.05, 0.1) is 22.7 Å². The lowest BCUT2D eigenvalue weighted by atomic mass is 10.0. The first-order valence-corrected chi connectivity index (χ1v) is 10.2. The van der Waals surface area contributed by atoms with Crippen molar-refractivity contribution in [1.82, 2.24) is 9.78 Å². The van der Waals surface area contributed by atoms with Gasteiger partial charge in [-0.2, -0.15) is 5.10 Å². The first kappa shape index (κ1) is 21.0. The van der Waals surface area contributed by atoms with Gasteiger partial charge >= 0.3 is 0 Å². The molecule has 0 aliphatic rings. The van der Waals surface area contributed by atoms with Crippen molar-refractivity contribution in [1.29, 1.82) is 0 Å². The van der Waals surface area contributed by atoms with Gasteiger partial charge in [-0.25, -0.2) is 4.68 Å². The van der Waals surface area contributed by atoms with Crippen LogP contribution in [0.15, 0.2) is 79.0 Å². The first-order valence-electron chi connectivity index (χ1n) is 10.2. The third-order valence-corrected chi connectivity index (χ3v) is 5.39. The van der Waals surface area contributed by atoms with E-state index in [0.717, 1.165) is 28.1 Å². The van der Waals surface area contributed by atoms with Crippen LogP contribution in [0.5, 0.6) is 0 Å². The fraction of sp³-hybridized carbons (Fsp3) is 0.120. The van der Waals surface area contributed by atoms with E-state index < -0.39 is 4.92 Å². The van der Waals surface area contributed by atoms with Gasteiger partial charge in [-0.1, -0.05) is 30.3 Å². The molecule has 0 spiro atoms. The molecule has 4 rings (SSSR count). The predicted molar refractivity (Wildman–Crippen MR) is 124 cm³/mol. The van der Waals surface area contributed by atoms with E-state index in [-0.39, 0.29) is 18.0 Å². The molecule has 0 bridgehead atoms. The molecule has 7 nitrogen and oxygen atoms in total. The van der Waals surface area contributed by atoms with E-state index in [4.69, 9.17) is 0 Å². The minimum Gasteiger partial charge on any atom is -0.326 e. The fourth-order valence-electron chi connectivity index (χ4n) is 3.49. The second-order valence-corrected chi connectivity index (χ2v) is 7.56. The average molecular weight is 426 g/mol. The summed E-state index contributed by atoms with van der Waals surface area (Å²) < 4.78 is 1.72. The van der Waals surface area contributed by atoms with Crippen LogP contribution in [-0.2, 0) is 11.2 Å². The third-order valence-electron chi connectivity index (χ3n) is 5.39. The Morgan fingerprint density at radius 2 is 1.72 bits per heavy atom. The summed E-state index contributed by atoms with van der Waals surface area (Å²) in [4.78, 5) is 23.4. The van der Waals surface area contributed by atoms with Crippen LogP contribution in [0.4, 0.5) is 11.4 Å². The number of carbonyl (C=O) groups excluding carboxylic acids is 1. The van der Waals surface area contributed by atoms with Gasteiger partial charge in [-0.15, -0.1) is 0 Å². The summed E-state index contributed by atoms with van der Waals surface area (Å²) in [5.74, 6) is -0.158. The summed E-state index contributed by atoms with van der Waals surface area (Å²) in [7, 11) is 0. The number of rotatable bonds is 6. The zero-order valence-electron chi connectivity index (χ0n) is 17.8. The number of hydrogen-bond acceptors (Lipinski definition) is 4. The van der Waals surface area contributed by atoms with Crippen molar-refractivity contribution in [2.24, 2.45) is 0 Å². The van der Waals surface area contributed by atoms with Gasteiger partial charge in [0.15, 0.2) is 0 Å². The predicted octanol–water partition coefficient (Wildman–Crippen LogP) is 5.25. The summed E-state index contributed by atoms with van der Waals surface area (Å²) in [5, 5.41) is 18.7. The molecule has 160 valence electrons. The Bertz CT molecular complexity index is 1280. The van der Waals surface area contributed by atoms with Gasteiger partial charge < -0.3 is 5.32 Å². The van der Waals surface area contributed by atoms with E-state index in [9.17, 15) is 14.9 Å². The largest absolute Gasteiger partial charge is 0.326 e. The molecule has 1 aromatic heterocycles. The highest BCUT2D eigenvalue weighted by Gasteiger charge is 2.17. The van der Waals surface area contributed by atoms with Gasteiger partial charge in [0.1, 0.15) is 0 Å². The Labute approximate surface area is 185 Å². The Morgan fingerprint density at radius 3 is 2.41 bits per heavy atom. The molecule has 0 atom stereocenters. The van der Waals surface area contributed by atoms with E-state index in [1.54, 1.807) is 16.8 Å². The number of nitrogens with zero attached hydrogens (tertiary/aromatic N) is 3. The zero-order valence-corrected chi connectivity index (χ0v) is 17.8. The number of non-ortho nitro benzene ring substituents is 1. The molecular formula is C25H22N4O3. The second kappa shape index (κ2) is 8.85. The molecule has 7 heteroatoms. The number of aryl methyl sites for hydroxylation is 1. The zero-order chi connectivity index (χ0) is 22.7. The second-order valence-electron chi connectivity index (χ2n) is 7.56. The van der Waals surface area contributed by atoms with Crippen molar-refractivity contribution in [2.75, 3.05) is 5.32 Å². The normalized spacial score (nSPS) is 10.7. The van der Waals surface area contributed by atoms with Gasteiger partial charge in [-0.05, 0) is 55.3 Å². The van der Waals surface area contributed by atoms with Crippen molar-refractivity contribution in [2.45, 2.75) is 20.3 Å². The summed E-state index contributed by atoms with van der Waals surface area (Å²) in [6.45, 7) is 3.97. The lowest BCUT2D eigenvalue weighted by Crippen LogP contribution is -2.15. The minimum atomic E-state index is -0.440. The summed E-state index contributed by atoms with van der Waals surface area (Å²) in [5.41, 5.74) is 5.82. The molecule has 0 saturated heterocycles. The van der Waals surface area contributed by atoms with Crippen LogP contribution in [-0.4, -0.2) is 20.6 Å². The monoisotopic (exact) mass is 426 g/mol. The molecule has 0 radical (unpaired) electrons. The van der Waals surface area contributed by atoms with E-state index in [2.05, 4.69) is 10.4 Å². The first-order chi connectivity index (χ1) is 15.4. The lowest BCUT2D eigenvalue weighted by molar-refractivity contribution is -0.384. The highest BCUT2D eigenvalue weighted by Crippen LogP contribution is 2.27. The number of benzene rings is 3. The van der Waals surface area contributed by atoms with Crippen molar-refractivity contribution in [3.05, 3.63) is 106 Å². The minimum absolute atomic E-state index is 0.00505. The molecule has 0 saturated carbocycles. The molecule has 0 aliphatic carbocycles. The molecular weight excluding hydrogens is 404 g/mol. The number of nitro groups is 1. The van der Waals surface area contributed by atoms with Crippen LogP contribution in [0.1, 0.15) is 16.7 Å². The standard InChI is InChI=1S/C25H22N4O3/c1-17-7-6-10-23(18(17)2)26-24(30)15-20-16-28(21-8-4-3-5-9-21)27-25(20)19-11-13-22(14-12-19)29(31)32/h3-14,16H,15H2,1-2H3,(H,26,30). The Balaban J connectivity index is 1.68. The van der Waals surface area contributed by atoms with Crippen molar-refractivity contribution >= 4 is 17.3 Å². The summed E-state index contributed by atoms with van der Waals surface area (Å²) in [6, 6.07) is 21.6. The molecule has 0 aliphatic heterocycles. The van der Waals surface area contributed by atoms with Crippen LogP contribution in [0, 0.1) is 24.0 Å². The highest BCUT2D eigenvalue weighted by molar-refractivity contribution is 5.94. The summed E-state index contributed by atoms with van der Waals surface area (Å²) in [6.07, 6.45) is 1.95. The van der Waals surface area contributed by atoms with E-state index in [0.29, 0.717) is 11.3 Å². The maximum Gasteiger partial charge on any atom is 0.269 e. The van der Waals surface area contributed by atoms with E-state index in [1.807, 2.05) is 68.6 Å². The van der Waals surface area contributed by atoms with Crippen molar-refractivity contribution < 1.29 is 9.72 Å². The molecule has 1 N–H and O–H groups in total. The molecule has 0 unspecified atom stereocenters. The number of nitro benzene ring substituents is 1. The number of hydrogen-bond donors (Lipinski definition) is 1. The number of anilines is 1. The fourth-order valence-corrected chi connectivity index (χ4v) is 3.49. The molecule has 32 heavy (non-hydrogen) atoms. The van der Waals surface area contributed by atoms with Crippen LogP contribution < -0.4 is 5.32 Å². The molecule has 0 fully saturated rings. The number of nitrogens with one attached hydrogen (secondary N) is 1. The third kappa shape index (κ3) is 4.41. The smallest absolute Gasteiger partial charge is 0.269 e. The van der Waals surface area contributed by atoms with Gasteiger partial charge in [0, 0.05) is 35.1 Å². The number of aromatic nitrogens is 2. The molecule has 4 aromatic rings. The van der Waals surface area contributed by atoms with Gasteiger partial charge in [-0.3, -0.25) is 14.9 Å². The van der Waals surface area contributed by atoms with Crippen LogP contribution in [0.2, 0.25) is 0 Å². The van der Waals surface area contributed by atoms with E-state index >= 15 is 0 Å². The van der Waals surface area contributed by atoms with Gasteiger partial charge in [0.2, 0.25) is 5.91 Å². The van der Waals surface area contributed by atoms with Gasteiger partial charge in [0.25, 0.3) is 5.69 Å². The average Bonchev–Trinajstić information content (AvgIpc) is 3.21. The molecule has 1 amide bonds. The Kier molecular flexibility index (Phi) is 5.81. The van der Waals surface area contributed by atoms with Crippen LogP contribution in [0.3, 0.4) is 0 Å². The van der Waals surface area contributed by atoms with Crippen molar-refractivity contribution in [3.63, 3.8) is 0 Å². The quantitative estimate of drug-likeness (QED) is 0.337. The SMILES string of the molecule is Cc1cccc(NC(=O)Cc2cn(-c3ccccc3)nc2-c2ccc([N+](=O)[O-])cc2)c1C. The summed E-state index contributed by atoms with van der Waals surface area (Å²) >= 11 is 0. The maximum atomic E-state index is 12.9. The van der Waals surface area contributed by atoms with Crippen LogP contribution >= 0.6 is 0 Å². The highest BCUT2D eigenvalue weighted by atomic mass is 16.6.